The van der Waals surface area contributed by atoms with Crippen LogP contribution in [0.25, 0.3) is 0 Å². The van der Waals surface area contributed by atoms with Crippen molar-refractivity contribution < 1.29 is 4.79 Å². The third-order valence-corrected chi connectivity index (χ3v) is 3.73. The van der Waals surface area contributed by atoms with Crippen molar-refractivity contribution in [1.82, 2.24) is 15.8 Å². The fourth-order valence-corrected chi connectivity index (χ4v) is 2.47. The first-order valence-electron chi connectivity index (χ1n) is 6.71. The zero-order chi connectivity index (χ0) is 14.7. The Hall–Kier alpha value is -1.95. The van der Waals surface area contributed by atoms with Crippen molar-refractivity contribution in [3.8, 4) is 0 Å². The molecule has 1 amide bonds. The molecule has 1 saturated heterocycles. The van der Waals surface area contributed by atoms with Crippen LogP contribution in [0.1, 0.15) is 18.2 Å². The number of aromatic nitrogens is 1. The first kappa shape index (κ1) is 14.0. The van der Waals surface area contributed by atoms with Crippen LogP contribution in [-0.2, 0) is 4.79 Å². The third kappa shape index (κ3) is 3.21. The van der Waals surface area contributed by atoms with Crippen molar-refractivity contribution in [1.29, 1.82) is 0 Å². The minimum Gasteiger partial charge on any atom is -0.323 e. The van der Waals surface area contributed by atoms with Gasteiger partial charge in [-0.05, 0) is 30.7 Å². The Morgan fingerprint density at radius 2 is 2.00 bits per heavy atom. The van der Waals surface area contributed by atoms with E-state index >= 15 is 0 Å². The van der Waals surface area contributed by atoms with Gasteiger partial charge in [-0.15, -0.1) is 0 Å². The third-order valence-electron chi connectivity index (χ3n) is 3.40. The number of amides is 1. The highest BCUT2D eigenvalue weighted by Gasteiger charge is 2.30. The molecule has 1 aliphatic heterocycles. The zero-order valence-electron chi connectivity index (χ0n) is 11.2. The van der Waals surface area contributed by atoms with Gasteiger partial charge in [-0.1, -0.05) is 29.8 Å². The number of benzene rings is 1. The lowest BCUT2D eigenvalue weighted by molar-refractivity contribution is -0.117. The molecule has 1 aromatic carbocycles. The predicted octanol–water partition coefficient (Wildman–Crippen LogP) is 2.28. The smallest absolute Gasteiger partial charge is 0.242 e. The SMILES string of the molecule is O=C(Nc1ccccc1Cl)C1CC(c2ccccn2)NN1. The van der Waals surface area contributed by atoms with Crippen LogP contribution in [0.5, 0.6) is 0 Å². The maximum absolute atomic E-state index is 12.3. The van der Waals surface area contributed by atoms with Crippen LogP contribution in [0, 0.1) is 0 Å². The van der Waals surface area contributed by atoms with E-state index in [2.05, 4.69) is 21.2 Å². The van der Waals surface area contributed by atoms with E-state index in [0.29, 0.717) is 17.1 Å². The number of carbonyl (C=O) groups excluding carboxylic acids is 1. The van der Waals surface area contributed by atoms with Crippen LogP contribution < -0.4 is 16.2 Å². The van der Waals surface area contributed by atoms with Crippen molar-refractivity contribution in [3.05, 3.63) is 59.4 Å². The predicted molar refractivity (Wildman–Crippen MR) is 81.7 cm³/mol. The Morgan fingerprint density at radius 1 is 1.19 bits per heavy atom. The van der Waals surface area contributed by atoms with Crippen LogP contribution in [-0.4, -0.2) is 16.9 Å². The lowest BCUT2D eigenvalue weighted by atomic mass is 10.1. The summed E-state index contributed by atoms with van der Waals surface area (Å²) in [6.07, 6.45) is 2.38. The normalized spacial score (nSPS) is 21.2. The zero-order valence-corrected chi connectivity index (χ0v) is 12.0. The number of rotatable bonds is 3. The molecule has 5 nitrogen and oxygen atoms in total. The summed E-state index contributed by atoms with van der Waals surface area (Å²) < 4.78 is 0. The summed E-state index contributed by atoms with van der Waals surface area (Å²) in [6.45, 7) is 0. The van der Waals surface area contributed by atoms with E-state index in [9.17, 15) is 4.79 Å². The molecule has 6 heteroatoms. The van der Waals surface area contributed by atoms with Crippen molar-refractivity contribution >= 4 is 23.2 Å². The van der Waals surface area contributed by atoms with E-state index < -0.39 is 0 Å². The standard InChI is InChI=1S/C15H15ClN4O/c16-10-5-1-2-6-11(10)18-15(21)14-9-13(19-20-14)12-7-3-4-8-17-12/h1-8,13-14,19-20H,9H2,(H,18,21). The molecule has 3 N–H and O–H groups in total. The van der Waals surface area contributed by atoms with E-state index in [0.717, 1.165) is 5.69 Å². The molecule has 3 rings (SSSR count). The van der Waals surface area contributed by atoms with Gasteiger partial charge in [0.05, 0.1) is 22.4 Å². The van der Waals surface area contributed by atoms with Gasteiger partial charge in [0.2, 0.25) is 5.91 Å². The average Bonchev–Trinajstić information content (AvgIpc) is 3.00. The first-order valence-corrected chi connectivity index (χ1v) is 7.09. The number of pyridine rings is 1. The molecule has 108 valence electrons. The molecule has 1 aliphatic rings. The number of nitrogens with zero attached hydrogens (tertiary/aromatic N) is 1. The van der Waals surface area contributed by atoms with E-state index in [1.54, 1.807) is 18.3 Å². The summed E-state index contributed by atoms with van der Waals surface area (Å²) in [5, 5.41) is 3.36. The summed E-state index contributed by atoms with van der Waals surface area (Å²) in [5.74, 6) is -0.117. The molecule has 0 aliphatic carbocycles. The van der Waals surface area contributed by atoms with Gasteiger partial charge in [-0.25, -0.2) is 10.9 Å². The van der Waals surface area contributed by atoms with Gasteiger partial charge in [0.1, 0.15) is 6.04 Å². The molecule has 0 radical (unpaired) electrons. The van der Waals surface area contributed by atoms with Crippen LogP contribution in [0.2, 0.25) is 5.02 Å². The Kier molecular flexibility index (Phi) is 4.15. The van der Waals surface area contributed by atoms with Gasteiger partial charge in [0.25, 0.3) is 0 Å². The van der Waals surface area contributed by atoms with E-state index in [-0.39, 0.29) is 18.0 Å². The Bertz CT molecular complexity index is 635. The van der Waals surface area contributed by atoms with Crippen LogP contribution >= 0.6 is 11.6 Å². The van der Waals surface area contributed by atoms with E-state index in [1.807, 2.05) is 30.3 Å². The van der Waals surface area contributed by atoms with Crippen LogP contribution in [0.3, 0.4) is 0 Å². The summed E-state index contributed by atoms with van der Waals surface area (Å²) in [4.78, 5) is 16.5. The first-order chi connectivity index (χ1) is 10.2. The molecule has 2 heterocycles. The quantitative estimate of drug-likeness (QED) is 0.814. The van der Waals surface area contributed by atoms with Gasteiger partial charge in [-0.2, -0.15) is 0 Å². The van der Waals surface area contributed by atoms with Crippen molar-refractivity contribution in [2.75, 3.05) is 5.32 Å². The number of hydrogen-bond donors (Lipinski definition) is 3. The second kappa shape index (κ2) is 6.22. The maximum Gasteiger partial charge on any atom is 0.242 e. The molecule has 0 bridgehead atoms. The van der Waals surface area contributed by atoms with Gasteiger partial charge < -0.3 is 5.32 Å². The molecular formula is C15H15ClN4O. The van der Waals surface area contributed by atoms with Crippen LogP contribution in [0.4, 0.5) is 5.69 Å². The average molecular weight is 303 g/mol. The van der Waals surface area contributed by atoms with Gasteiger partial charge in [0, 0.05) is 6.20 Å². The minimum absolute atomic E-state index is 0.0215. The summed E-state index contributed by atoms with van der Waals surface area (Å²) in [5.41, 5.74) is 7.63. The molecule has 2 aromatic rings. The lowest BCUT2D eigenvalue weighted by Gasteiger charge is -2.11. The second-order valence-corrected chi connectivity index (χ2v) is 5.26. The number of hydrazine groups is 1. The largest absolute Gasteiger partial charge is 0.323 e. The number of para-hydroxylation sites is 1. The monoisotopic (exact) mass is 302 g/mol. The Morgan fingerprint density at radius 3 is 2.76 bits per heavy atom. The second-order valence-electron chi connectivity index (χ2n) is 4.85. The molecule has 21 heavy (non-hydrogen) atoms. The Labute approximate surface area is 127 Å². The van der Waals surface area contributed by atoms with Gasteiger partial charge >= 0.3 is 0 Å². The summed E-state index contributed by atoms with van der Waals surface area (Å²) in [6, 6.07) is 12.6. The number of halogens is 1. The molecule has 0 saturated carbocycles. The highest BCUT2D eigenvalue weighted by atomic mass is 35.5. The van der Waals surface area contributed by atoms with Crippen molar-refractivity contribution in [2.45, 2.75) is 18.5 Å². The van der Waals surface area contributed by atoms with Gasteiger partial charge in [0.15, 0.2) is 0 Å². The number of carbonyl (C=O) groups is 1. The summed E-state index contributed by atoms with van der Waals surface area (Å²) >= 11 is 6.04. The molecule has 2 atom stereocenters. The van der Waals surface area contributed by atoms with E-state index in [4.69, 9.17) is 11.6 Å². The van der Waals surface area contributed by atoms with Gasteiger partial charge in [-0.3, -0.25) is 9.78 Å². The fraction of sp³-hybridized carbons (Fsp3) is 0.200. The molecular weight excluding hydrogens is 288 g/mol. The number of hydrogen-bond acceptors (Lipinski definition) is 4. The number of anilines is 1. The fourth-order valence-electron chi connectivity index (χ4n) is 2.29. The topological polar surface area (TPSA) is 66.0 Å². The van der Waals surface area contributed by atoms with Crippen molar-refractivity contribution in [2.24, 2.45) is 0 Å². The van der Waals surface area contributed by atoms with Crippen LogP contribution in [0.15, 0.2) is 48.7 Å². The minimum atomic E-state index is -0.326. The molecule has 1 fully saturated rings. The molecule has 0 spiro atoms. The van der Waals surface area contributed by atoms with E-state index in [1.165, 1.54) is 0 Å². The molecule has 1 aromatic heterocycles. The molecule has 2 unspecified atom stereocenters. The number of nitrogens with one attached hydrogen (secondary N) is 3. The lowest BCUT2D eigenvalue weighted by Crippen LogP contribution is -2.39. The summed E-state index contributed by atoms with van der Waals surface area (Å²) in [7, 11) is 0. The highest BCUT2D eigenvalue weighted by molar-refractivity contribution is 6.33. The maximum atomic E-state index is 12.3. The highest BCUT2D eigenvalue weighted by Crippen LogP contribution is 2.23. The van der Waals surface area contributed by atoms with Crippen molar-refractivity contribution in [3.63, 3.8) is 0 Å². The Balaban J connectivity index is 1.64.